The van der Waals surface area contributed by atoms with Crippen LogP contribution >= 0.6 is 0 Å². The average Bonchev–Trinajstić information content (AvgIpc) is 2.71. The number of ether oxygens (including phenoxy) is 1. The molecule has 0 radical (unpaired) electrons. The Morgan fingerprint density at radius 2 is 2.43 bits per heavy atom. The van der Waals surface area contributed by atoms with E-state index in [4.69, 9.17) is 10.6 Å². The molecule has 3 heteroatoms. The summed E-state index contributed by atoms with van der Waals surface area (Å²) in [6.45, 7) is 2.19. The summed E-state index contributed by atoms with van der Waals surface area (Å²) < 4.78 is 5.36. The molecule has 0 aliphatic carbocycles. The molecule has 0 amide bonds. The molecule has 1 heterocycles. The van der Waals surface area contributed by atoms with Crippen LogP contribution in [-0.2, 0) is 16.2 Å². The second-order valence-corrected chi connectivity index (χ2v) is 3.62. The van der Waals surface area contributed by atoms with Gasteiger partial charge in [-0.15, -0.1) is 0 Å². The van der Waals surface area contributed by atoms with Gasteiger partial charge in [0.2, 0.25) is 0 Å². The van der Waals surface area contributed by atoms with Crippen molar-refractivity contribution in [2.45, 2.75) is 18.9 Å². The van der Waals surface area contributed by atoms with Gasteiger partial charge in [0, 0.05) is 12.5 Å². The molecule has 76 valence electrons. The quantitative estimate of drug-likeness (QED) is 0.741. The fourth-order valence-electron chi connectivity index (χ4n) is 1.83. The van der Waals surface area contributed by atoms with Crippen LogP contribution in [-0.4, -0.2) is 13.2 Å². The minimum atomic E-state index is 0.474. The molecule has 3 nitrogen and oxygen atoms in total. The lowest BCUT2D eigenvalue weighted by Crippen LogP contribution is -2.01. The van der Waals surface area contributed by atoms with Crippen molar-refractivity contribution >= 4 is 0 Å². The van der Waals surface area contributed by atoms with Gasteiger partial charge in [0.1, 0.15) is 0 Å². The van der Waals surface area contributed by atoms with Gasteiger partial charge >= 0.3 is 0 Å². The van der Waals surface area contributed by atoms with Crippen molar-refractivity contribution in [2.24, 2.45) is 5.90 Å². The molecule has 1 fully saturated rings. The largest absolute Gasteiger partial charge is 0.381 e. The number of rotatable bonds is 3. The molecule has 1 saturated heterocycles. The Balaban J connectivity index is 2.12. The number of hydrogen-bond donors (Lipinski definition) is 1. The van der Waals surface area contributed by atoms with Crippen LogP contribution in [0.4, 0.5) is 0 Å². The standard InChI is InChI=1S/C11H15NO2/c12-14-7-9-2-1-3-10(6-9)11-4-5-13-8-11/h1-3,6,11H,4-5,7-8,12H2. The Morgan fingerprint density at radius 3 is 3.14 bits per heavy atom. The van der Waals surface area contributed by atoms with Crippen LogP contribution in [0.5, 0.6) is 0 Å². The molecule has 1 aliphatic rings. The molecular formula is C11H15NO2. The molecule has 1 aromatic carbocycles. The zero-order chi connectivity index (χ0) is 9.80. The van der Waals surface area contributed by atoms with Crippen LogP contribution < -0.4 is 5.90 Å². The van der Waals surface area contributed by atoms with Crippen molar-refractivity contribution in [1.29, 1.82) is 0 Å². The van der Waals surface area contributed by atoms with E-state index >= 15 is 0 Å². The predicted molar refractivity (Wildman–Crippen MR) is 53.6 cm³/mol. The predicted octanol–water partition coefficient (Wildman–Crippen LogP) is 1.58. The summed E-state index contributed by atoms with van der Waals surface area (Å²) in [7, 11) is 0. The number of hydrogen-bond acceptors (Lipinski definition) is 3. The van der Waals surface area contributed by atoms with Crippen LogP contribution in [0.3, 0.4) is 0 Å². The van der Waals surface area contributed by atoms with E-state index in [-0.39, 0.29) is 0 Å². The molecule has 1 aromatic rings. The minimum absolute atomic E-state index is 0.474. The number of nitrogens with two attached hydrogens (primary N) is 1. The Morgan fingerprint density at radius 1 is 1.50 bits per heavy atom. The molecule has 1 aliphatic heterocycles. The van der Waals surface area contributed by atoms with E-state index in [1.54, 1.807) is 0 Å². The minimum Gasteiger partial charge on any atom is -0.381 e. The molecule has 2 N–H and O–H groups in total. The Labute approximate surface area is 83.8 Å². The van der Waals surface area contributed by atoms with Crippen molar-refractivity contribution in [3.8, 4) is 0 Å². The van der Waals surface area contributed by atoms with E-state index < -0.39 is 0 Å². The highest BCUT2D eigenvalue weighted by Crippen LogP contribution is 2.25. The third-order valence-electron chi connectivity index (χ3n) is 2.60. The fraction of sp³-hybridized carbons (Fsp3) is 0.455. The summed E-state index contributed by atoms with van der Waals surface area (Å²) >= 11 is 0. The maximum absolute atomic E-state index is 5.36. The second kappa shape index (κ2) is 4.55. The van der Waals surface area contributed by atoms with E-state index in [0.717, 1.165) is 25.2 Å². The lowest BCUT2D eigenvalue weighted by molar-refractivity contribution is 0.124. The van der Waals surface area contributed by atoms with Crippen molar-refractivity contribution in [3.63, 3.8) is 0 Å². The SMILES string of the molecule is NOCc1cccc(C2CCOC2)c1. The first-order chi connectivity index (χ1) is 6.90. The maximum Gasteiger partial charge on any atom is 0.0930 e. The Bertz CT molecular complexity index is 295. The van der Waals surface area contributed by atoms with Gasteiger partial charge in [-0.05, 0) is 17.5 Å². The molecular weight excluding hydrogens is 178 g/mol. The monoisotopic (exact) mass is 193 g/mol. The van der Waals surface area contributed by atoms with Gasteiger partial charge in [0.15, 0.2) is 0 Å². The lowest BCUT2D eigenvalue weighted by Gasteiger charge is -2.09. The van der Waals surface area contributed by atoms with Gasteiger partial charge in [-0.25, -0.2) is 5.90 Å². The molecule has 0 saturated carbocycles. The van der Waals surface area contributed by atoms with E-state index in [1.807, 2.05) is 12.1 Å². The summed E-state index contributed by atoms with van der Waals surface area (Å²) in [5, 5.41) is 0. The Kier molecular flexibility index (Phi) is 3.14. The summed E-state index contributed by atoms with van der Waals surface area (Å²) in [4.78, 5) is 4.61. The topological polar surface area (TPSA) is 44.5 Å². The van der Waals surface area contributed by atoms with Gasteiger partial charge in [0.05, 0.1) is 13.2 Å². The first-order valence-electron chi connectivity index (χ1n) is 4.88. The smallest absolute Gasteiger partial charge is 0.0930 e. The van der Waals surface area contributed by atoms with Crippen LogP contribution in [0.2, 0.25) is 0 Å². The molecule has 0 bridgehead atoms. The zero-order valence-electron chi connectivity index (χ0n) is 8.11. The molecule has 0 spiro atoms. The summed E-state index contributed by atoms with van der Waals surface area (Å²) in [6, 6.07) is 8.35. The van der Waals surface area contributed by atoms with E-state index in [0.29, 0.717) is 12.5 Å². The van der Waals surface area contributed by atoms with Crippen molar-refractivity contribution in [2.75, 3.05) is 13.2 Å². The Hall–Kier alpha value is -0.900. The maximum atomic E-state index is 5.36. The van der Waals surface area contributed by atoms with Crippen LogP contribution in [0.1, 0.15) is 23.5 Å². The van der Waals surface area contributed by atoms with Crippen LogP contribution in [0.25, 0.3) is 0 Å². The van der Waals surface area contributed by atoms with Gasteiger partial charge < -0.3 is 4.74 Å². The van der Waals surface area contributed by atoms with Crippen LogP contribution in [0.15, 0.2) is 24.3 Å². The van der Waals surface area contributed by atoms with Gasteiger partial charge in [-0.3, -0.25) is 4.84 Å². The van der Waals surface area contributed by atoms with E-state index in [1.165, 1.54) is 5.56 Å². The number of benzene rings is 1. The first kappa shape index (κ1) is 9.65. The molecule has 14 heavy (non-hydrogen) atoms. The van der Waals surface area contributed by atoms with Crippen molar-refractivity contribution in [1.82, 2.24) is 0 Å². The van der Waals surface area contributed by atoms with Gasteiger partial charge in [-0.2, -0.15) is 0 Å². The fourth-order valence-corrected chi connectivity index (χ4v) is 1.83. The molecule has 0 aromatic heterocycles. The molecule has 1 unspecified atom stereocenters. The van der Waals surface area contributed by atoms with E-state index in [9.17, 15) is 0 Å². The zero-order valence-corrected chi connectivity index (χ0v) is 8.11. The third-order valence-corrected chi connectivity index (χ3v) is 2.60. The van der Waals surface area contributed by atoms with E-state index in [2.05, 4.69) is 17.0 Å². The highest BCUT2D eigenvalue weighted by molar-refractivity contribution is 5.26. The first-order valence-corrected chi connectivity index (χ1v) is 4.88. The second-order valence-electron chi connectivity index (χ2n) is 3.62. The normalized spacial score (nSPS) is 21.4. The molecule has 1 atom stereocenters. The summed E-state index contributed by atoms with van der Waals surface area (Å²) in [6.07, 6.45) is 1.12. The molecule has 2 rings (SSSR count). The summed E-state index contributed by atoms with van der Waals surface area (Å²) in [5.74, 6) is 5.59. The van der Waals surface area contributed by atoms with Gasteiger partial charge in [0.25, 0.3) is 0 Å². The van der Waals surface area contributed by atoms with Gasteiger partial charge in [-0.1, -0.05) is 24.3 Å². The third kappa shape index (κ3) is 2.12. The lowest BCUT2D eigenvalue weighted by atomic mass is 9.97. The van der Waals surface area contributed by atoms with Crippen LogP contribution in [0, 0.1) is 0 Å². The highest BCUT2D eigenvalue weighted by atomic mass is 16.6. The average molecular weight is 193 g/mol. The summed E-state index contributed by atoms with van der Waals surface area (Å²) in [5.41, 5.74) is 2.45. The van der Waals surface area contributed by atoms with Crippen molar-refractivity contribution < 1.29 is 9.57 Å². The highest BCUT2D eigenvalue weighted by Gasteiger charge is 2.17. The van der Waals surface area contributed by atoms with Crippen molar-refractivity contribution in [3.05, 3.63) is 35.4 Å².